The molecule has 0 spiro atoms. The minimum absolute atomic E-state index is 0.0222. The number of hydrogen-bond donors (Lipinski definition) is 2. The van der Waals surface area contributed by atoms with Crippen LogP contribution in [0, 0.1) is 24.0 Å². The summed E-state index contributed by atoms with van der Waals surface area (Å²) in [5, 5.41) is 24.1. The topological polar surface area (TPSA) is 132 Å². The standard InChI is InChI=1S/C26H19N3O6/c1-14-10-20-24(11-15(14)2)35-26(28-20)19-13-17(6-7-21(19)30)27-25(31)23-9-8-22(34-23)16-4-3-5-18(12-16)29(32)33/h3-13,30H,1-2H3,(H,27,31). The third kappa shape index (κ3) is 4.22. The number of phenols is 1. The van der Waals surface area contributed by atoms with Crippen LogP contribution in [0.1, 0.15) is 21.7 Å². The van der Waals surface area contributed by atoms with Gasteiger partial charge in [-0.25, -0.2) is 4.98 Å². The Bertz CT molecular complexity index is 1580. The molecule has 5 rings (SSSR count). The number of nitro benzene ring substituents is 1. The molecule has 0 aliphatic rings. The van der Waals surface area contributed by atoms with Crippen LogP contribution >= 0.6 is 0 Å². The number of aryl methyl sites for hydroxylation is 2. The van der Waals surface area contributed by atoms with E-state index in [1.165, 1.54) is 30.3 Å². The Morgan fingerprint density at radius 3 is 2.60 bits per heavy atom. The van der Waals surface area contributed by atoms with E-state index in [2.05, 4.69) is 10.3 Å². The maximum absolute atomic E-state index is 12.8. The van der Waals surface area contributed by atoms with Gasteiger partial charge >= 0.3 is 0 Å². The molecule has 9 heteroatoms. The fraction of sp³-hybridized carbons (Fsp3) is 0.0769. The summed E-state index contributed by atoms with van der Waals surface area (Å²) >= 11 is 0. The van der Waals surface area contributed by atoms with Crippen LogP contribution in [0.4, 0.5) is 11.4 Å². The summed E-state index contributed by atoms with van der Waals surface area (Å²) in [5.41, 5.74) is 4.52. The van der Waals surface area contributed by atoms with Crippen LogP contribution in [0.3, 0.4) is 0 Å². The summed E-state index contributed by atoms with van der Waals surface area (Å²) in [5.74, 6) is -0.00287. The number of carbonyl (C=O) groups excluding carboxylic acids is 1. The van der Waals surface area contributed by atoms with Gasteiger partial charge in [-0.2, -0.15) is 0 Å². The van der Waals surface area contributed by atoms with E-state index < -0.39 is 10.8 Å². The number of carbonyl (C=O) groups is 1. The molecular weight excluding hydrogens is 450 g/mol. The lowest BCUT2D eigenvalue weighted by Gasteiger charge is -2.06. The highest BCUT2D eigenvalue weighted by atomic mass is 16.6. The largest absolute Gasteiger partial charge is 0.507 e. The lowest BCUT2D eigenvalue weighted by atomic mass is 10.1. The van der Waals surface area contributed by atoms with E-state index >= 15 is 0 Å². The number of anilines is 1. The minimum Gasteiger partial charge on any atom is -0.507 e. The molecule has 0 atom stereocenters. The number of nitrogens with zero attached hydrogens (tertiary/aromatic N) is 2. The zero-order valence-corrected chi connectivity index (χ0v) is 18.7. The summed E-state index contributed by atoms with van der Waals surface area (Å²) in [4.78, 5) is 27.8. The van der Waals surface area contributed by atoms with Gasteiger partial charge in [0.1, 0.15) is 17.0 Å². The minimum atomic E-state index is -0.526. The number of phenolic OH excluding ortho intramolecular Hbond substituents is 1. The predicted molar refractivity (Wildman–Crippen MR) is 129 cm³/mol. The van der Waals surface area contributed by atoms with Crippen LogP contribution in [-0.2, 0) is 0 Å². The summed E-state index contributed by atoms with van der Waals surface area (Å²) in [7, 11) is 0. The number of rotatable bonds is 5. The maximum Gasteiger partial charge on any atom is 0.291 e. The fourth-order valence-electron chi connectivity index (χ4n) is 3.66. The van der Waals surface area contributed by atoms with Crippen molar-refractivity contribution in [3.63, 3.8) is 0 Å². The first kappa shape index (κ1) is 21.9. The fourth-order valence-corrected chi connectivity index (χ4v) is 3.66. The second kappa shape index (κ2) is 8.45. The summed E-state index contributed by atoms with van der Waals surface area (Å²) in [6.07, 6.45) is 0. The highest BCUT2D eigenvalue weighted by molar-refractivity contribution is 6.03. The molecular formula is C26H19N3O6. The Labute approximate surface area is 198 Å². The Morgan fingerprint density at radius 1 is 1.00 bits per heavy atom. The molecule has 0 aliphatic heterocycles. The van der Waals surface area contributed by atoms with Crippen LogP contribution in [0.25, 0.3) is 33.9 Å². The van der Waals surface area contributed by atoms with E-state index in [0.29, 0.717) is 33.7 Å². The number of nitro groups is 1. The first-order valence-corrected chi connectivity index (χ1v) is 10.7. The van der Waals surface area contributed by atoms with Gasteiger partial charge in [-0.3, -0.25) is 14.9 Å². The molecule has 1 amide bonds. The molecule has 5 aromatic rings. The Morgan fingerprint density at radius 2 is 1.80 bits per heavy atom. The van der Waals surface area contributed by atoms with Crippen molar-refractivity contribution in [1.82, 2.24) is 4.98 Å². The van der Waals surface area contributed by atoms with E-state index in [4.69, 9.17) is 8.83 Å². The predicted octanol–water partition coefficient (Wildman–Crippen LogP) is 6.24. The molecule has 35 heavy (non-hydrogen) atoms. The number of aromatic nitrogens is 1. The normalized spacial score (nSPS) is 11.0. The molecule has 0 radical (unpaired) electrons. The summed E-state index contributed by atoms with van der Waals surface area (Å²) in [6, 6.07) is 17.3. The summed E-state index contributed by atoms with van der Waals surface area (Å²) < 4.78 is 11.5. The van der Waals surface area contributed by atoms with Crippen LogP contribution < -0.4 is 5.32 Å². The van der Waals surface area contributed by atoms with E-state index in [1.54, 1.807) is 24.3 Å². The van der Waals surface area contributed by atoms with Gasteiger partial charge in [0, 0.05) is 23.4 Å². The Balaban J connectivity index is 1.40. The molecule has 0 saturated carbocycles. The van der Waals surface area contributed by atoms with Gasteiger partial charge in [-0.15, -0.1) is 0 Å². The number of benzene rings is 3. The molecule has 0 fully saturated rings. The van der Waals surface area contributed by atoms with Crippen LogP contribution in [0.2, 0.25) is 0 Å². The van der Waals surface area contributed by atoms with Gasteiger partial charge in [0.2, 0.25) is 5.89 Å². The van der Waals surface area contributed by atoms with Crippen molar-refractivity contribution in [3.05, 3.63) is 93.7 Å². The molecule has 0 unspecified atom stereocenters. The zero-order chi connectivity index (χ0) is 24.7. The maximum atomic E-state index is 12.8. The average Bonchev–Trinajstić information content (AvgIpc) is 3.48. The van der Waals surface area contributed by atoms with Gasteiger partial charge in [-0.05, 0) is 67.4 Å². The first-order valence-electron chi connectivity index (χ1n) is 10.7. The highest BCUT2D eigenvalue weighted by Crippen LogP contribution is 2.34. The molecule has 3 aromatic carbocycles. The Kier molecular flexibility index (Phi) is 5.29. The number of fused-ring (bicyclic) bond motifs is 1. The highest BCUT2D eigenvalue weighted by Gasteiger charge is 2.17. The number of aromatic hydroxyl groups is 1. The molecule has 9 nitrogen and oxygen atoms in total. The second-order valence-corrected chi connectivity index (χ2v) is 8.08. The lowest BCUT2D eigenvalue weighted by Crippen LogP contribution is -2.10. The summed E-state index contributed by atoms with van der Waals surface area (Å²) in [6.45, 7) is 3.96. The van der Waals surface area contributed by atoms with Crippen molar-refractivity contribution < 1.29 is 23.7 Å². The monoisotopic (exact) mass is 469 g/mol. The van der Waals surface area contributed by atoms with Gasteiger partial charge in [0.15, 0.2) is 11.3 Å². The number of nitrogens with one attached hydrogen (secondary N) is 1. The third-order valence-corrected chi connectivity index (χ3v) is 5.66. The van der Waals surface area contributed by atoms with Crippen molar-refractivity contribution in [2.75, 3.05) is 5.32 Å². The van der Waals surface area contributed by atoms with Crippen molar-refractivity contribution in [1.29, 1.82) is 0 Å². The van der Waals surface area contributed by atoms with Crippen LogP contribution in [0.15, 0.2) is 75.6 Å². The number of furan rings is 1. The molecule has 2 N–H and O–H groups in total. The van der Waals surface area contributed by atoms with Gasteiger partial charge in [-0.1, -0.05) is 12.1 Å². The molecule has 0 bridgehead atoms. The van der Waals surface area contributed by atoms with Crippen LogP contribution in [-0.4, -0.2) is 20.9 Å². The van der Waals surface area contributed by atoms with E-state index in [1.807, 2.05) is 26.0 Å². The SMILES string of the molecule is Cc1cc2nc(-c3cc(NC(=O)c4ccc(-c5cccc([N+](=O)[O-])c5)o4)ccc3O)oc2cc1C. The zero-order valence-electron chi connectivity index (χ0n) is 18.7. The first-order chi connectivity index (χ1) is 16.8. The second-order valence-electron chi connectivity index (χ2n) is 8.08. The molecule has 2 heterocycles. The quantitative estimate of drug-likeness (QED) is 0.177. The molecule has 0 saturated heterocycles. The average molecular weight is 469 g/mol. The van der Waals surface area contributed by atoms with E-state index in [-0.39, 0.29) is 23.1 Å². The number of hydrogen-bond acceptors (Lipinski definition) is 7. The van der Waals surface area contributed by atoms with E-state index in [9.17, 15) is 20.0 Å². The smallest absolute Gasteiger partial charge is 0.291 e. The van der Waals surface area contributed by atoms with Crippen molar-refractivity contribution in [2.24, 2.45) is 0 Å². The van der Waals surface area contributed by atoms with Crippen molar-refractivity contribution in [3.8, 4) is 28.5 Å². The third-order valence-electron chi connectivity index (χ3n) is 5.66. The molecule has 2 aromatic heterocycles. The lowest BCUT2D eigenvalue weighted by molar-refractivity contribution is -0.384. The molecule has 0 aliphatic carbocycles. The van der Waals surface area contributed by atoms with Gasteiger partial charge in [0.25, 0.3) is 11.6 Å². The Hall–Kier alpha value is -4.92. The van der Waals surface area contributed by atoms with Crippen LogP contribution in [0.5, 0.6) is 5.75 Å². The number of oxazole rings is 1. The van der Waals surface area contributed by atoms with Crippen molar-refractivity contribution >= 4 is 28.4 Å². The van der Waals surface area contributed by atoms with E-state index in [0.717, 1.165) is 11.1 Å². The van der Waals surface area contributed by atoms with Gasteiger partial charge < -0.3 is 19.3 Å². The number of non-ortho nitro benzene ring substituents is 1. The van der Waals surface area contributed by atoms with Crippen molar-refractivity contribution in [2.45, 2.75) is 13.8 Å². The number of amides is 1. The van der Waals surface area contributed by atoms with Gasteiger partial charge in [0.05, 0.1) is 10.5 Å². The molecule has 174 valence electrons.